The van der Waals surface area contributed by atoms with Crippen LogP contribution in [-0.2, 0) is 16.0 Å². The van der Waals surface area contributed by atoms with Crippen LogP contribution in [0.5, 0.6) is 0 Å². The monoisotopic (exact) mass is 319 g/mol. The standard InChI is InChI=1S/C15H17N3O3S/c1-3-21-15(20)18-14-17-12(9-22-14)8-13(19)16-11-6-4-10(2)5-7-11/h4-7,9H,3,8H2,1-2H3,(H,16,19)(H,17,18,20). The summed E-state index contributed by atoms with van der Waals surface area (Å²) in [6.07, 6.45) is -0.401. The maximum atomic E-state index is 11.9. The van der Waals surface area contributed by atoms with E-state index in [1.165, 1.54) is 11.3 Å². The second-order valence-corrected chi connectivity index (χ2v) is 5.44. The van der Waals surface area contributed by atoms with Gasteiger partial charge in [0, 0.05) is 11.1 Å². The van der Waals surface area contributed by atoms with E-state index in [0.717, 1.165) is 11.3 Å². The minimum Gasteiger partial charge on any atom is -0.450 e. The summed E-state index contributed by atoms with van der Waals surface area (Å²) in [6.45, 7) is 4.00. The number of rotatable bonds is 5. The number of ether oxygens (including phenoxy) is 1. The normalized spacial score (nSPS) is 10.1. The van der Waals surface area contributed by atoms with Gasteiger partial charge in [-0.1, -0.05) is 17.7 Å². The van der Waals surface area contributed by atoms with Gasteiger partial charge in [0.05, 0.1) is 18.7 Å². The first-order valence-corrected chi connectivity index (χ1v) is 7.69. The van der Waals surface area contributed by atoms with Crippen molar-refractivity contribution in [1.82, 2.24) is 4.98 Å². The van der Waals surface area contributed by atoms with Crippen LogP contribution >= 0.6 is 11.3 Å². The number of nitrogens with one attached hydrogen (secondary N) is 2. The Bertz CT molecular complexity index is 652. The quantitative estimate of drug-likeness (QED) is 0.887. The molecule has 1 heterocycles. The van der Waals surface area contributed by atoms with E-state index in [0.29, 0.717) is 17.4 Å². The second kappa shape index (κ2) is 7.56. The van der Waals surface area contributed by atoms with Crippen LogP contribution < -0.4 is 10.6 Å². The SMILES string of the molecule is CCOC(=O)Nc1nc(CC(=O)Nc2ccc(C)cc2)cs1. The Morgan fingerprint density at radius 3 is 2.64 bits per heavy atom. The first-order valence-electron chi connectivity index (χ1n) is 6.81. The maximum absolute atomic E-state index is 11.9. The van der Waals surface area contributed by atoms with E-state index in [2.05, 4.69) is 15.6 Å². The van der Waals surface area contributed by atoms with Crippen molar-refractivity contribution in [2.24, 2.45) is 0 Å². The molecule has 0 saturated heterocycles. The maximum Gasteiger partial charge on any atom is 0.413 e. The number of carbonyl (C=O) groups is 2. The average Bonchev–Trinajstić information content (AvgIpc) is 2.88. The van der Waals surface area contributed by atoms with Crippen LogP contribution in [0.15, 0.2) is 29.6 Å². The van der Waals surface area contributed by atoms with E-state index in [9.17, 15) is 9.59 Å². The molecule has 2 N–H and O–H groups in total. The number of carbonyl (C=O) groups excluding carboxylic acids is 2. The van der Waals surface area contributed by atoms with E-state index < -0.39 is 6.09 Å². The molecule has 6 nitrogen and oxygen atoms in total. The van der Waals surface area contributed by atoms with Crippen molar-refractivity contribution in [3.8, 4) is 0 Å². The fourth-order valence-electron chi connectivity index (χ4n) is 1.71. The third kappa shape index (κ3) is 4.85. The Kier molecular flexibility index (Phi) is 5.48. The third-order valence-electron chi connectivity index (χ3n) is 2.71. The number of nitrogens with zero attached hydrogens (tertiary/aromatic N) is 1. The smallest absolute Gasteiger partial charge is 0.413 e. The number of thiazole rings is 1. The highest BCUT2D eigenvalue weighted by Crippen LogP contribution is 2.17. The highest BCUT2D eigenvalue weighted by molar-refractivity contribution is 7.13. The summed E-state index contributed by atoms with van der Waals surface area (Å²) in [4.78, 5) is 27.4. The molecule has 0 bridgehead atoms. The van der Waals surface area contributed by atoms with E-state index in [-0.39, 0.29) is 12.3 Å². The van der Waals surface area contributed by atoms with Gasteiger partial charge in [-0.3, -0.25) is 10.1 Å². The lowest BCUT2D eigenvalue weighted by atomic mass is 10.2. The Balaban J connectivity index is 1.88. The molecule has 1 aromatic carbocycles. The molecule has 0 saturated carbocycles. The van der Waals surface area contributed by atoms with Crippen molar-refractivity contribution in [2.75, 3.05) is 17.2 Å². The van der Waals surface area contributed by atoms with Crippen LogP contribution in [-0.4, -0.2) is 23.6 Å². The first-order chi connectivity index (χ1) is 10.6. The molecule has 22 heavy (non-hydrogen) atoms. The zero-order valence-electron chi connectivity index (χ0n) is 12.4. The van der Waals surface area contributed by atoms with Crippen molar-refractivity contribution >= 4 is 34.2 Å². The van der Waals surface area contributed by atoms with Gasteiger partial charge in [-0.25, -0.2) is 9.78 Å². The molecule has 0 spiro atoms. The summed E-state index contributed by atoms with van der Waals surface area (Å²) in [5, 5.41) is 7.45. The molecule has 0 atom stereocenters. The molecule has 2 amide bonds. The van der Waals surface area contributed by atoms with Gasteiger partial charge in [0.25, 0.3) is 0 Å². The molecular weight excluding hydrogens is 302 g/mol. The van der Waals surface area contributed by atoms with Gasteiger partial charge in [-0.05, 0) is 26.0 Å². The molecule has 7 heteroatoms. The Morgan fingerprint density at radius 2 is 1.95 bits per heavy atom. The number of benzene rings is 1. The minimum absolute atomic E-state index is 0.148. The summed E-state index contributed by atoms with van der Waals surface area (Å²) >= 11 is 1.25. The summed E-state index contributed by atoms with van der Waals surface area (Å²) < 4.78 is 4.76. The van der Waals surface area contributed by atoms with Gasteiger partial charge in [-0.15, -0.1) is 11.3 Å². The van der Waals surface area contributed by atoms with Gasteiger partial charge in [0.1, 0.15) is 0 Å². The number of aryl methyl sites for hydroxylation is 1. The summed E-state index contributed by atoms with van der Waals surface area (Å²) in [5.74, 6) is -0.156. The van der Waals surface area contributed by atoms with E-state index in [1.807, 2.05) is 31.2 Å². The lowest BCUT2D eigenvalue weighted by Crippen LogP contribution is -2.15. The zero-order valence-corrected chi connectivity index (χ0v) is 13.2. The van der Waals surface area contributed by atoms with Gasteiger partial charge in [0.15, 0.2) is 5.13 Å². The van der Waals surface area contributed by atoms with Crippen LogP contribution in [0.4, 0.5) is 15.6 Å². The second-order valence-electron chi connectivity index (χ2n) is 4.58. The van der Waals surface area contributed by atoms with E-state index >= 15 is 0 Å². The summed E-state index contributed by atoms with van der Waals surface area (Å²) in [5.41, 5.74) is 2.48. The number of hydrogen-bond donors (Lipinski definition) is 2. The van der Waals surface area contributed by atoms with Crippen molar-refractivity contribution in [3.05, 3.63) is 40.9 Å². The van der Waals surface area contributed by atoms with Gasteiger partial charge >= 0.3 is 6.09 Å². The number of aromatic nitrogens is 1. The Labute approximate surface area is 132 Å². The van der Waals surface area contributed by atoms with Crippen LogP contribution in [0, 0.1) is 6.92 Å². The number of amides is 2. The van der Waals surface area contributed by atoms with Crippen LogP contribution in [0.3, 0.4) is 0 Å². The van der Waals surface area contributed by atoms with Crippen molar-refractivity contribution < 1.29 is 14.3 Å². The largest absolute Gasteiger partial charge is 0.450 e. The van der Waals surface area contributed by atoms with Crippen molar-refractivity contribution in [1.29, 1.82) is 0 Å². The lowest BCUT2D eigenvalue weighted by Gasteiger charge is -2.04. The molecule has 0 unspecified atom stereocenters. The molecule has 0 fully saturated rings. The van der Waals surface area contributed by atoms with E-state index in [1.54, 1.807) is 12.3 Å². The fraction of sp³-hybridized carbons (Fsp3) is 0.267. The molecule has 1 aromatic heterocycles. The third-order valence-corrected chi connectivity index (χ3v) is 3.52. The summed E-state index contributed by atoms with van der Waals surface area (Å²) in [7, 11) is 0. The van der Waals surface area contributed by atoms with Crippen LogP contribution in [0.1, 0.15) is 18.2 Å². The molecule has 0 radical (unpaired) electrons. The highest BCUT2D eigenvalue weighted by atomic mass is 32.1. The molecular formula is C15H17N3O3S. The molecule has 2 aromatic rings. The predicted octanol–water partition coefficient (Wildman–Crippen LogP) is 3.20. The van der Waals surface area contributed by atoms with Crippen molar-refractivity contribution in [2.45, 2.75) is 20.3 Å². The summed E-state index contributed by atoms with van der Waals surface area (Å²) in [6, 6.07) is 7.56. The molecule has 0 aliphatic heterocycles. The number of anilines is 2. The van der Waals surface area contributed by atoms with E-state index in [4.69, 9.17) is 4.74 Å². The van der Waals surface area contributed by atoms with Crippen LogP contribution in [0.2, 0.25) is 0 Å². The molecule has 2 rings (SSSR count). The van der Waals surface area contributed by atoms with Gasteiger partial charge < -0.3 is 10.1 Å². The molecule has 0 aliphatic carbocycles. The molecule has 116 valence electrons. The highest BCUT2D eigenvalue weighted by Gasteiger charge is 2.10. The Morgan fingerprint density at radius 1 is 1.23 bits per heavy atom. The van der Waals surface area contributed by atoms with Crippen molar-refractivity contribution in [3.63, 3.8) is 0 Å². The minimum atomic E-state index is -0.549. The zero-order chi connectivity index (χ0) is 15.9. The topological polar surface area (TPSA) is 80.3 Å². The van der Waals surface area contributed by atoms with Gasteiger partial charge in [-0.2, -0.15) is 0 Å². The lowest BCUT2D eigenvalue weighted by molar-refractivity contribution is -0.115. The predicted molar refractivity (Wildman–Crippen MR) is 86.3 cm³/mol. The fourth-order valence-corrected chi connectivity index (χ4v) is 2.40. The number of hydrogen-bond acceptors (Lipinski definition) is 5. The average molecular weight is 319 g/mol. The molecule has 0 aliphatic rings. The first kappa shape index (κ1) is 16.0. The Hall–Kier alpha value is -2.41. The van der Waals surface area contributed by atoms with Crippen LogP contribution in [0.25, 0.3) is 0 Å². The van der Waals surface area contributed by atoms with Gasteiger partial charge in [0.2, 0.25) is 5.91 Å².